The molecule has 0 fully saturated rings. The molecule has 6 heteroatoms. The molecule has 15 rings (SSSR count). The van der Waals surface area contributed by atoms with Gasteiger partial charge in [-0.3, -0.25) is 0 Å². The van der Waals surface area contributed by atoms with Gasteiger partial charge >= 0.3 is 0 Å². The Hall–Kier alpha value is -9.62. The molecule has 0 bridgehead atoms. The number of hydrogen-bond acceptors (Lipinski definition) is 2. The Bertz CT molecular complexity index is 4700. The van der Waals surface area contributed by atoms with Gasteiger partial charge in [-0.05, 0) is 106 Å². The van der Waals surface area contributed by atoms with E-state index in [4.69, 9.17) is 0 Å². The molecule has 330 valence electrons. The minimum atomic E-state index is 0.201. The molecule has 1 aliphatic carbocycles. The molecule has 0 N–H and O–H groups in total. The average molecular weight is 905 g/mol. The van der Waals surface area contributed by atoms with Crippen LogP contribution in [-0.4, -0.2) is 18.3 Å². The molecule has 0 amide bonds. The van der Waals surface area contributed by atoms with Gasteiger partial charge in [0.2, 0.25) is 0 Å². The molecule has 10 aromatic carbocycles. The molecule has 6 nitrogen and oxygen atoms in total. The Morgan fingerprint density at radius 1 is 0.394 bits per heavy atom. The van der Waals surface area contributed by atoms with E-state index in [1.807, 2.05) is 12.1 Å². The van der Waals surface area contributed by atoms with E-state index in [9.17, 15) is 10.5 Å². The number of nitrogens with zero attached hydrogens (tertiary/aromatic N) is 6. The highest BCUT2D eigenvalue weighted by Crippen LogP contribution is 2.52. The first-order chi connectivity index (χ1) is 35.1. The van der Waals surface area contributed by atoms with Crippen molar-refractivity contribution < 1.29 is 0 Å². The number of rotatable bonds is 4. The van der Waals surface area contributed by atoms with Crippen molar-refractivity contribution in [3.63, 3.8) is 0 Å². The molecule has 4 heterocycles. The van der Waals surface area contributed by atoms with Crippen molar-refractivity contribution in [3.8, 4) is 46.3 Å². The van der Waals surface area contributed by atoms with E-state index in [1.165, 1.54) is 27.3 Å². The number of benzene rings is 10. The van der Waals surface area contributed by atoms with Crippen LogP contribution in [0.25, 0.3) is 121 Å². The lowest BCUT2D eigenvalue weighted by Crippen LogP contribution is -2.13. The molecule has 71 heavy (non-hydrogen) atoms. The lowest BCUT2D eigenvalue weighted by atomic mass is 9.83. The monoisotopic (exact) mass is 904 g/mol. The Morgan fingerprint density at radius 3 is 1.54 bits per heavy atom. The molecule has 0 radical (unpaired) electrons. The van der Waals surface area contributed by atoms with Crippen LogP contribution in [0, 0.1) is 22.7 Å². The lowest BCUT2D eigenvalue weighted by Gasteiger charge is -2.25. The summed E-state index contributed by atoms with van der Waals surface area (Å²) in [5, 5.41) is 34.8. The summed E-state index contributed by atoms with van der Waals surface area (Å²) in [6.45, 7) is 2.35. The van der Waals surface area contributed by atoms with Crippen molar-refractivity contribution in [2.75, 3.05) is 0 Å². The highest BCUT2D eigenvalue weighted by atomic mass is 15.1. The Kier molecular flexibility index (Phi) is 8.15. The number of fused-ring (bicyclic) bond motifs is 18. The van der Waals surface area contributed by atoms with Crippen LogP contribution >= 0.6 is 0 Å². The van der Waals surface area contributed by atoms with Crippen LogP contribution in [0.4, 0.5) is 0 Å². The maximum atomic E-state index is 11.7. The topological polar surface area (TPSA) is 67.3 Å². The fraction of sp³-hybridized carbons (Fsp3) is 0.0462. The first-order valence-corrected chi connectivity index (χ1v) is 24.3. The maximum Gasteiger partial charge on any atom is 0.101 e. The normalized spacial score (nSPS) is 13.5. The second-order valence-corrected chi connectivity index (χ2v) is 19.1. The number of hydrogen-bond donors (Lipinski definition) is 0. The number of nitriles is 2. The molecule has 1 unspecified atom stereocenters. The molecule has 1 atom stereocenters. The van der Waals surface area contributed by atoms with Gasteiger partial charge in [-0.1, -0.05) is 153 Å². The largest absolute Gasteiger partial charge is 0.307 e. The summed E-state index contributed by atoms with van der Waals surface area (Å²) in [5.41, 5.74) is 15.3. The Labute approximate surface area is 407 Å². The van der Waals surface area contributed by atoms with Crippen LogP contribution in [0.3, 0.4) is 0 Å². The summed E-state index contributed by atoms with van der Waals surface area (Å²) in [6.07, 6.45) is 0.814. The van der Waals surface area contributed by atoms with Crippen molar-refractivity contribution in [1.82, 2.24) is 18.3 Å². The van der Waals surface area contributed by atoms with Crippen molar-refractivity contribution in [3.05, 3.63) is 229 Å². The second-order valence-electron chi connectivity index (χ2n) is 19.1. The zero-order valence-electron chi connectivity index (χ0n) is 38.6. The zero-order chi connectivity index (χ0) is 47.1. The number of para-hydroxylation sites is 4. The molecule has 0 aliphatic heterocycles. The van der Waals surface area contributed by atoms with E-state index in [1.54, 1.807) is 0 Å². The van der Waals surface area contributed by atoms with E-state index < -0.39 is 0 Å². The SMILES string of the molecule is CC1Cc2c(n(-c3cc(C#N)c(-n4c5ccc6ccccc6c5c5ccc6c7ccccc7n(-c7ccccc7)c6c54)cc3C#N)c3ccc4ccccc4c23)-c2c1c1ccccc1n2-c1ccccc1. The summed E-state index contributed by atoms with van der Waals surface area (Å²) in [6, 6.07) is 78.3. The zero-order valence-corrected chi connectivity index (χ0v) is 38.6. The third kappa shape index (κ3) is 5.28. The summed E-state index contributed by atoms with van der Waals surface area (Å²) < 4.78 is 9.36. The van der Waals surface area contributed by atoms with Crippen LogP contribution in [0.5, 0.6) is 0 Å². The third-order valence-electron chi connectivity index (χ3n) is 15.4. The minimum absolute atomic E-state index is 0.201. The molecule has 4 aromatic heterocycles. The Morgan fingerprint density at radius 2 is 0.887 bits per heavy atom. The molecular weight excluding hydrogens is 865 g/mol. The third-order valence-corrected chi connectivity index (χ3v) is 15.4. The van der Waals surface area contributed by atoms with Crippen LogP contribution in [0.15, 0.2) is 206 Å². The van der Waals surface area contributed by atoms with E-state index in [0.29, 0.717) is 22.5 Å². The fourth-order valence-electron chi connectivity index (χ4n) is 12.6. The lowest BCUT2D eigenvalue weighted by molar-refractivity contribution is 0.751. The van der Waals surface area contributed by atoms with Crippen LogP contribution in [-0.2, 0) is 6.42 Å². The minimum Gasteiger partial charge on any atom is -0.307 e. The molecular formula is C65H40N6. The van der Waals surface area contributed by atoms with Crippen LogP contribution < -0.4 is 0 Å². The second kappa shape index (κ2) is 14.7. The van der Waals surface area contributed by atoms with E-state index in [0.717, 1.165) is 100.0 Å². The fourth-order valence-corrected chi connectivity index (χ4v) is 12.6. The quantitative estimate of drug-likeness (QED) is 0.177. The van der Waals surface area contributed by atoms with E-state index >= 15 is 0 Å². The first kappa shape index (κ1) is 39.4. The number of aromatic nitrogens is 4. The highest BCUT2D eigenvalue weighted by Gasteiger charge is 2.36. The van der Waals surface area contributed by atoms with Crippen molar-refractivity contribution in [2.24, 2.45) is 0 Å². The summed E-state index contributed by atoms with van der Waals surface area (Å²) in [5.74, 6) is 0.201. The van der Waals surface area contributed by atoms with Gasteiger partial charge in [-0.15, -0.1) is 0 Å². The van der Waals surface area contributed by atoms with Crippen molar-refractivity contribution in [2.45, 2.75) is 19.3 Å². The van der Waals surface area contributed by atoms with Gasteiger partial charge in [0.15, 0.2) is 0 Å². The van der Waals surface area contributed by atoms with Crippen LogP contribution in [0.2, 0.25) is 0 Å². The summed E-state index contributed by atoms with van der Waals surface area (Å²) >= 11 is 0. The van der Waals surface area contributed by atoms with Gasteiger partial charge in [0, 0.05) is 43.7 Å². The van der Waals surface area contributed by atoms with E-state index in [-0.39, 0.29) is 5.92 Å². The maximum absolute atomic E-state index is 11.7. The smallest absolute Gasteiger partial charge is 0.101 e. The van der Waals surface area contributed by atoms with Gasteiger partial charge < -0.3 is 18.3 Å². The predicted octanol–water partition coefficient (Wildman–Crippen LogP) is 16.1. The molecule has 14 aromatic rings. The van der Waals surface area contributed by atoms with Gasteiger partial charge in [-0.2, -0.15) is 10.5 Å². The predicted molar refractivity (Wildman–Crippen MR) is 291 cm³/mol. The Balaban J connectivity index is 1.10. The van der Waals surface area contributed by atoms with Gasteiger partial charge in [0.05, 0.1) is 67.0 Å². The molecule has 0 saturated heterocycles. The standard InChI is InChI=1S/C65H40N6/c1-39-34-52-61-47-23-11-9-17-41(47)29-33-56(61)71(64(52)65-59(39)50-25-13-15-27-54(50)69(65)45-20-6-3-7-21-45)58-36-42(37-66)57(35-43(58)38-67)70-55-32-28-40-16-8-10-22-46(40)60(55)51-31-30-49-48-24-12-14-26-53(48)68(62(49)63(51)70)44-18-4-2-5-19-44/h2-33,35-36,39H,34H2,1H3. The molecule has 0 saturated carbocycles. The first-order valence-electron chi connectivity index (χ1n) is 24.3. The van der Waals surface area contributed by atoms with Crippen molar-refractivity contribution in [1.29, 1.82) is 10.5 Å². The summed E-state index contributed by atoms with van der Waals surface area (Å²) in [4.78, 5) is 0. The molecule has 1 aliphatic rings. The summed E-state index contributed by atoms with van der Waals surface area (Å²) in [7, 11) is 0. The van der Waals surface area contributed by atoms with E-state index in [2.05, 4.69) is 231 Å². The van der Waals surface area contributed by atoms with Crippen molar-refractivity contribution >= 4 is 87.0 Å². The van der Waals surface area contributed by atoms with Gasteiger partial charge in [-0.25, -0.2) is 0 Å². The van der Waals surface area contributed by atoms with Gasteiger partial charge in [0.1, 0.15) is 12.1 Å². The van der Waals surface area contributed by atoms with Crippen LogP contribution in [0.1, 0.15) is 35.1 Å². The molecule has 0 spiro atoms. The highest BCUT2D eigenvalue weighted by molar-refractivity contribution is 6.28. The average Bonchev–Trinajstić information content (AvgIpc) is 4.17. The van der Waals surface area contributed by atoms with Gasteiger partial charge in [0.25, 0.3) is 0 Å².